The van der Waals surface area contributed by atoms with Crippen LogP contribution in [0.1, 0.15) is 25.8 Å². The summed E-state index contributed by atoms with van der Waals surface area (Å²) in [4.78, 5) is 37.5. The molecule has 1 fully saturated rings. The van der Waals surface area contributed by atoms with Gasteiger partial charge in [-0.3, -0.25) is 14.4 Å². The molecule has 1 aromatic carbocycles. The highest BCUT2D eigenvalue weighted by molar-refractivity contribution is 6.30. The van der Waals surface area contributed by atoms with Crippen LogP contribution in [0.15, 0.2) is 24.3 Å². The van der Waals surface area contributed by atoms with Gasteiger partial charge in [0, 0.05) is 37.1 Å². The van der Waals surface area contributed by atoms with Crippen LogP contribution in [0.3, 0.4) is 0 Å². The van der Waals surface area contributed by atoms with Crippen LogP contribution in [-0.4, -0.2) is 48.3 Å². The van der Waals surface area contributed by atoms with Crippen molar-refractivity contribution in [3.63, 3.8) is 0 Å². The molecule has 0 radical (unpaired) electrons. The number of hydrogen-bond acceptors (Lipinski definition) is 3. The molecular formula is C18H24ClN3O3. The standard InChI is InChI=1S/C18H24ClN3O3/c1-12(2)22-11-14(10-17(22)24)18(25)21-8-7-20-16(23)9-13-3-5-15(19)6-4-13/h3-6,12,14H,7-11H2,1-2H3,(H,20,23)(H,21,25). The van der Waals surface area contributed by atoms with Crippen molar-refractivity contribution in [1.29, 1.82) is 0 Å². The molecule has 1 aliphatic heterocycles. The summed E-state index contributed by atoms with van der Waals surface area (Å²) in [5, 5.41) is 6.18. The van der Waals surface area contributed by atoms with Gasteiger partial charge in [-0.2, -0.15) is 0 Å². The SMILES string of the molecule is CC(C)N1CC(C(=O)NCCNC(=O)Cc2ccc(Cl)cc2)CC1=O. The molecule has 2 rings (SSSR count). The van der Waals surface area contributed by atoms with Crippen molar-refractivity contribution in [2.24, 2.45) is 5.92 Å². The smallest absolute Gasteiger partial charge is 0.225 e. The molecule has 0 saturated carbocycles. The van der Waals surface area contributed by atoms with Crippen LogP contribution in [0.2, 0.25) is 5.02 Å². The Labute approximate surface area is 152 Å². The van der Waals surface area contributed by atoms with E-state index in [0.29, 0.717) is 24.7 Å². The topological polar surface area (TPSA) is 78.5 Å². The highest BCUT2D eigenvalue weighted by Gasteiger charge is 2.35. The van der Waals surface area contributed by atoms with Gasteiger partial charge in [-0.05, 0) is 31.5 Å². The maximum atomic E-state index is 12.1. The zero-order valence-electron chi connectivity index (χ0n) is 14.5. The molecule has 0 aliphatic carbocycles. The van der Waals surface area contributed by atoms with Crippen LogP contribution in [-0.2, 0) is 20.8 Å². The molecule has 1 saturated heterocycles. The van der Waals surface area contributed by atoms with Crippen LogP contribution >= 0.6 is 11.6 Å². The highest BCUT2D eigenvalue weighted by atomic mass is 35.5. The highest BCUT2D eigenvalue weighted by Crippen LogP contribution is 2.20. The van der Waals surface area contributed by atoms with E-state index >= 15 is 0 Å². The van der Waals surface area contributed by atoms with Crippen LogP contribution in [0.4, 0.5) is 0 Å². The van der Waals surface area contributed by atoms with E-state index in [1.807, 2.05) is 13.8 Å². The molecule has 1 unspecified atom stereocenters. The molecule has 1 atom stereocenters. The van der Waals surface area contributed by atoms with E-state index < -0.39 is 0 Å². The second-order valence-corrected chi connectivity index (χ2v) is 6.92. The number of halogens is 1. The van der Waals surface area contributed by atoms with Gasteiger partial charge in [0.2, 0.25) is 17.7 Å². The van der Waals surface area contributed by atoms with E-state index in [1.54, 1.807) is 29.2 Å². The van der Waals surface area contributed by atoms with E-state index in [9.17, 15) is 14.4 Å². The number of benzene rings is 1. The van der Waals surface area contributed by atoms with Gasteiger partial charge in [-0.25, -0.2) is 0 Å². The minimum Gasteiger partial charge on any atom is -0.354 e. The lowest BCUT2D eigenvalue weighted by Gasteiger charge is -2.20. The van der Waals surface area contributed by atoms with Crippen molar-refractivity contribution in [3.8, 4) is 0 Å². The van der Waals surface area contributed by atoms with E-state index in [0.717, 1.165) is 5.56 Å². The molecule has 0 bridgehead atoms. The number of rotatable bonds is 7. The number of likely N-dealkylation sites (tertiary alicyclic amines) is 1. The molecule has 0 aromatic heterocycles. The Kier molecular flexibility index (Phi) is 6.82. The predicted octanol–water partition coefficient (Wildman–Crippen LogP) is 1.37. The molecule has 2 N–H and O–H groups in total. The lowest BCUT2D eigenvalue weighted by atomic mass is 10.1. The molecule has 1 aromatic rings. The molecule has 136 valence electrons. The minimum absolute atomic E-state index is 0.0198. The first-order valence-corrected chi connectivity index (χ1v) is 8.83. The van der Waals surface area contributed by atoms with Crippen LogP contribution in [0.25, 0.3) is 0 Å². The zero-order valence-corrected chi connectivity index (χ0v) is 15.3. The fourth-order valence-corrected chi connectivity index (χ4v) is 2.91. The summed E-state index contributed by atoms with van der Waals surface area (Å²) in [7, 11) is 0. The number of hydrogen-bond donors (Lipinski definition) is 2. The van der Waals surface area contributed by atoms with Crippen LogP contribution in [0, 0.1) is 5.92 Å². The van der Waals surface area contributed by atoms with Crippen LogP contribution < -0.4 is 10.6 Å². The van der Waals surface area contributed by atoms with Crippen molar-refractivity contribution >= 4 is 29.3 Å². The van der Waals surface area contributed by atoms with Crippen molar-refractivity contribution in [2.45, 2.75) is 32.7 Å². The Balaban J connectivity index is 1.65. The van der Waals surface area contributed by atoms with Crippen molar-refractivity contribution < 1.29 is 14.4 Å². The molecule has 3 amide bonds. The third-order valence-electron chi connectivity index (χ3n) is 4.18. The van der Waals surface area contributed by atoms with Crippen molar-refractivity contribution in [3.05, 3.63) is 34.9 Å². The summed E-state index contributed by atoms with van der Waals surface area (Å²) in [6.45, 7) is 5.04. The summed E-state index contributed by atoms with van der Waals surface area (Å²) in [5.41, 5.74) is 0.879. The van der Waals surface area contributed by atoms with Gasteiger partial charge < -0.3 is 15.5 Å². The van der Waals surface area contributed by atoms with E-state index in [1.165, 1.54) is 0 Å². The Morgan fingerprint density at radius 3 is 2.44 bits per heavy atom. The molecule has 0 spiro atoms. The van der Waals surface area contributed by atoms with Crippen molar-refractivity contribution in [1.82, 2.24) is 15.5 Å². The zero-order chi connectivity index (χ0) is 18.4. The summed E-state index contributed by atoms with van der Waals surface area (Å²) >= 11 is 5.80. The fraction of sp³-hybridized carbons (Fsp3) is 0.500. The first-order chi connectivity index (χ1) is 11.9. The average molecular weight is 366 g/mol. The van der Waals surface area contributed by atoms with Crippen molar-refractivity contribution in [2.75, 3.05) is 19.6 Å². The number of carbonyl (C=O) groups excluding carboxylic acids is 3. The van der Waals surface area contributed by atoms with Gasteiger partial charge in [-0.15, -0.1) is 0 Å². The quantitative estimate of drug-likeness (QED) is 0.716. The largest absolute Gasteiger partial charge is 0.354 e. The van der Waals surface area contributed by atoms with Crippen LogP contribution in [0.5, 0.6) is 0 Å². The number of carbonyl (C=O) groups is 3. The predicted molar refractivity (Wildman–Crippen MR) is 96.1 cm³/mol. The Hall–Kier alpha value is -2.08. The minimum atomic E-state index is -0.306. The molecule has 1 heterocycles. The Morgan fingerprint density at radius 1 is 1.20 bits per heavy atom. The van der Waals surface area contributed by atoms with Gasteiger partial charge in [0.15, 0.2) is 0 Å². The maximum Gasteiger partial charge on any atom is 0.225 e. The summed E-state index contributed by atoms with van der Waals surface area (Å²) in [6, 6.07) is 7.21. The van der Waals surface area contributed by atoms with Gasteiger partial charge in [-0.1, -0.05) is 23.7 Å². The van der Waals surface area contributed by atoms with E-state index in [-0.39, 0.29) is 42.5 Å². The Morgan fingerprint density at radius 2 is 1.84 bits per heavy atom. The fourth-order valence-electron chi connectivity index (χ4n) is 2.79. The molecule has 6 nitrogen and oxygen atoms in total. The third-order valence-corrected chi connectivity index (χ3v) is 4.43. The van der Waals surface area contributed by atoms with Gasteiger partial charge >= 0.3 is 0 Å². The second kappa shape index (κ2) is 8.85. The first kappa shape index (κ1) is 19.2. The third kappa shape index (κ3) is 5.74. The normalized spacial score (nSPS) is 17.0. The number of nitrogens with zero attached hydrogens (tertiary/aromatic N) is 1. The summed E-state index contributed by atoms with van der Waals surface area (Å²) in [5.74, 6) is -0.534. The van der Waals surface area contributed by atoms with Gasteiger partial charge in [0.25, 0.3) is 0 Å². The Bertz CT molecular complexity index is 631. The molecular weight excluding hydrogens is 342 g/mol. The average Bonchev–Trinajstić information content (AvgIpc) is 2.96. The number of amides is 3. The van der Waals surface area contributed by atoms with E-state index in [2.05, 4.69) is 10.6 Å². The van der Waals surface area contributed by atoms with Gasteiger partial charge in [0.1, 0.15) is 0 Å². The summed E-state index contributed by atoms with van der Waals surface area (Å²) < 4.78 is 0. The lowest BCUT2D eigenvalue weighted by Crippen LogP contribution is -2.39. The van der Waals surface area contributed by atoms with Gasteiger partial charge in [0.05, 0.1) is 12.3 Å². The first-order valence-electron chi connectivity index (χ1n) is 8.45. The van der Waals surface area contributed by atoms with E-state index in [4.69, 9.17) is 11.6 Å². The lowest BCUT2D eigenvalue weighted by molar-refractivity contribution is -0.129. The molecule has 1 aliphatic rings. The molecule has 7 heteroatoms. The summed E-state index contributed by atoms with van der Waals surface area (Å²) in [6.07, 6.45) is 0.526. The number of nitrogens with one attached hydrogen (secondary N) is 2. The molecule has 25 heavy (non-hydrogen) atoms. The maximum absolute atomic E-state index is 12.1. The monoisotopic (exact) mass is 365 g/mol. The second-order valence-electron chi connectivity index (χ2n) is 6.49.